The third kappa shape index (κ3) is 5.97. The number of anilines is 2. The van der Waals surface area contributed by atoms with Crippen molar-refractivity contribution in [2.75, 3.05) is 24.1 Å². The summed E-state index contributed by atoms with van der Waals surface area (Å²) < 4.78 is 0. The van der Waals surface area contributed by atoms with Crippen molar-refractivity contribution in [1.29, 1.82) is 0 Å². The van der Waals surface area contributed by atoms with E-state index in [1.165, 1.54) is 0 Å². The minimum Gasteiger partial charge on any atom is -0.397 e. The lowest BCUT2D eigenvalue weighted by Gasteiger charge is -2.37. The van der Waals surface area contributed by atoms with Gasteiger partial charge in [-0.25, -0.2) is 0 Å². The van der Waals surface area contributed by atoms with E-state index >= 15 is 0 Å². The normalized spacial score (nSPS) is 23.4. The van der Waals surface area contributed by atoms with E-state index in [2.05, 4.69) is 34.8 Å². The van der Waals surface area contributed by atoms with E-state index in [0.29, 0.717) is 40.6 Å². The number of halogens is 1. The number of pyridine rings is 1. The van der Waals surface area contributed by atoms with E-state index in [1.54, 1.807) is 18.5 Å². The van der Waals surface area contributed by atoms with Crippen molar-refractivity contribution in [3.63, 3.8) is 0 Å². The van der Waals surface area contributed by atoms with Crippen LogP contribution in [0.25, 0.3) is 10.8 Å². The second kappa shape index (κ2) is 11.4. The number of hydrogen-bond acceptors (Lipinski definition) is 6. The predicted molar refractivity (Wildman–Crippen MR) is 157 cm³/mol. The van der Waals surface area contributed by atoms with Crippen LogP contribution in [0.3, 0.4) is 0 Å². The number of piperazine rings is 1. The maximum absolute atomic E-state index is 13.8. The van der Waals surface area contributed by atoms with E-state index in [1.807, 2.05) is 36.1 Å². The Kier molecular flexibility index (Phi) is 7.96. The van der Waals surface area contributed by atoms with Gasteiger partial charge in [0.15, 0.2) is 0 Å². The van der Waals surface area contributed by atoms with Gasteiger partial charge in [0, 0.05) is 60.1 Å². The summed E-state index contributed by atoms with van der Waals surface area (Å²) >= 11 is 6.15. The monoisotopic (exact) mass is 548 g/mol. The third-order valence-corrected chi connectivity index (χ3v) is 8.00. The fourth-order valence-electron chi connectivity index (χ4n) is 6.04. The number of benzene rings is 2. The SMILES string of the molecule is Cc1cc(N)c(N[C@@H]2CCCC[C@@H]2NC(=O)c2cncc3cc(Cl)ccc23)c(C(=O)N2C[C@@H](C)N[C@@H](C)C2)c1. The van der Waals surface area contributed by atoms with Crippen molar-refractivity contribution < 1.29 is 9.59 Å². The number of aryl methyl sites for hydroxylation is 1. The van der Waals surface area contributed by atoms with E-state index in [0.717, 1.165) is 42.0 Å². The molecule has 2 heterocycles. The maximum Gasteiger partial charge on any atom is 0.256 e. The first-order valence-electron chi connectivity index (χ1n) is 13.8. The number of hydrogen-bond donors (Lipinski definition) is 4. The molecule has 1 saturated carbocycles. The summed E-state index contributed by atoms with van der Waals surface area (Å²) in [5, 5.41) is 12.6. The van der Waals surface area contributed by atoms with Gasteiger partial charge in [0.05, 0.1) is 22.5 Å². The predicted octanol–water partition coefficient (Wildman–Crippen LogP) is 4.75. The Labute approximate surface area is 234 Å². The highest BCUT2D eigenvalue weighted by molar-refractivity contribution is 6.31. The molecule has 0 spiro atoms. The molecule has 5 rings (SSSR count). The molecule has 2 amide bonds. The number of amides is 2. The average molecular weight is 549 g/mol. The molecule has 2 aliphatic rings. The highest BCUT2D eigenvalue weighted by atomic mass is 35.5. The Balaban J connectivity index is 1.40. The number of carbonyl (C=O) groups is 2. The van der Waals surface area contributed by atoms with Gasteiger partial charge in [0.25, 0.3) is 11.8 Å². The van der Waals surface area contributed by atoms with Crippen molar-refractivity contribution in [3.05, 3.63) is 64.4 Å². The van der Waals surface area contributed by atoms with Crippen LogP contribution in [0.4, 0.5) is 11.4 Å². The number of carbonyl (C=O) groups excluding carboxylic acids is 2. The van der Waals surface area contributed by atoms with Crippen LogP contribution in [-0.2, 0) is 0 Å². The summed E-state index contributed by atoms with van der Waals surface area (Å²) in [5.74, 6) is -0.198. The molecule has 1 saturated heterocycles. The lowest BCUT2D eigenvalue weighted by atomic mass is 9.89. The summed E-state index contributed by atoms with van der Waals surface area (Å²) in [5.41, 5.74) is 9.75. The molecule has 3 aromatic rings. The van der Waals surface area contributed by atoms with E-state index in [9.17, 15) is 9.59 Å². The van der Waals surface area contributed by atoms with Crippen LogP contribution in [0.1, 0.15) is 65.8 Å². The number of aromatic nitrogens is 1. The molecule has 0 radical (unpaired) electrons. The fourth-order valence-corrected chi connectivity index (χ4v) is 6.22. The second-order valence-electron chi connectivity index (χ2n) is 11.1. The van der Waals surface area contributed by atoms with Crippen molar-refractivity contribution >= 4 is 45.6 Å². The van der Waals surface area contributed by atoms with Gasteiger partial charge in [-0.2, -0.15) is 0 Å². The quantitative estimate of drug-likeness (QED) is 0.342. The number of nitrogens with zero attached hydrogens (tertiary/aromatic N) is 2. The number of nitrogens with one attached hydrogen (secondary N) is 3. The Morgan fingerprint density at radius 3 is 2.49 bits per heavy atom. The van der Waals surface area contributed by atoms with Crippen LogP contribution in [0.5, 0.6) is 0 Å². The topological polar surface area (TPSA) is 112 Å². The Bertz CT molecular complexity index is 1390. The van der Waals surface area contributed by atoms with E-state index < -0.39 is 0 Å². The van der Waals surface area contributed by atoms with Gasteiger partial charge in [0.2, 0.25) is 0 Å². The molecule has 4 atom stereocenters. The van der Waals surface area contributed by atoms with Gasteiger partial charge in [-0.1, -0.05) is 30.5 Å². The van der Waals surface area contributed by atoms with Gasteiger partial charge < -0.3 is 26.6 Å². The number of rotatable bonds is 5. The highest BCUT2D eigenvalue weighted by Gasteiger charge is 2.31. The van der Waals surface area contributed by atoms with Crippen molar-refractivity contribution in [3.8, 4) is 0 Å². The zero-order chi connectivity index (χ0) is 27.7. The standard InChI is InChI=1S/C30H37ClN6O2/c1-17-10-23(30(39)37-15-18(2)34-19(3)16-37)28(25(32)11-17)35-26-6-4-5-7-27(26)36-29(38)24-14-33-13-20-12-21(31)8-9-22(20)24/h8-14,18-19,26-27,34-35H,4-7,15-16,32H2,1-3H3,(H,36,38)/t18-,19+,26-,27+/m1/s1. The molecule has 1 aliphatic carbocycles. The minimum atomic E-state index is -0.175. The van der Waals surface area contributed by atoms with E-state index in [-0.39, 0.29) is 36.0 Å². The molecule has 1 aliphatic heterocycles. The smallest absolute Gasteiger partial charge is 0.256 e. The number of nitrogens with two attached hydrogens (primary N) is 1. The first-order valence-corrected chi connectivity index (χ1v) is 14.1. The Morgan fingerprint density at radius 1 is 1.03 bits per heavy atom. The largest absolute Gasteiger partial charge is 0.397 e. The van der Waals surface area contributed by atoms with Crippen LogP contribution in [0.15, 0.2) is 42.7 Å². The number of fused-ring (bicyclic) bond motifs is 1. The molecule has 2 aromatic carbocycles. The molecule has 206 valence electrons. The lowest BCUT2D eigenvalue weighted by Crippen LogP contribution is -2.56. The molecule has 9 heteroatoms. The van der Waals surface area contributed by atoms with Gasteiger partial charge in [-0.05, 0) is 68.8 Å². The van der Waals surface area contributed by atoms with Gasteiger partial charge in [-0.3, -0.25) is 14.6 Å². The van der Waals surface area contributed by atoms with Crippen molar-refractivity contribution in [1.82, 2.24) is 20.5 Å². The summed E-state index contributed by atoms with van der Waals surface area (Å²) in [6.45, 7) is 7.42. The van der Waals surface area contributed by atoms with Crippen molar-refractivity contribution in [2.24, 2.45) is 0 Å². The molecule has 1 aromatic heterocycles. The molecular weight excluding hydrogens is 512 g/mol. The summed E-state index contributed by atoms with van der Waals surface area (Å²) in [6, 6.07) is 9.49. The molecule has 0 unspecified atom stereocenters. The van der Waals surface area contributed by atoms with Crippen LogP contribution >= 0.6 is 11.6 Å². The third-order valence-electron chi connectivity index (χ3n) is 7.77. The van der Waals surface area contributed by atoms with Crippen LogP contribution in [0.2, 0.25) is 5.02 Å². The molecular formula is C30H37ClN6O2. The van der Waals surface area contributed by atoms with Crippen LogP contribution in [-0.4, -0.2) is 59.0 Å². The number of nitrogen functional groups attached to an aromatic ring is 1. The zero-order valence-corrected chi connectivity index (χ0v) is 23.5. The first-order chi connectivity index (χ1) is 18.7. The van der Waals surface area contributed by atoms with Crippen LogP contribution < -0.4 is 21.7 Å². The van der Waals surface area contributed by atoms with Gasteiger partial charge in [0.1, 0.15) is 0 Å². The fraction of sp³-hybridized carbons (Fsp3) is 0.433. The summed E-state index contributed by atoms with van der Waals surface area (Å²) in [7, 11) is 0. The molecule has 8 nitrogen and oxygen atoms in total. The van der Waals surface area contributed by atoms with Crippen LogP contribution in [0, 0.1) is 6.92 Å². The van der Waals surface area contributed by atoms with Gasteiger partial charge in [-0.15, -0.1) is 0 Å². The zero-order valence-electron chi connectivity index (χ0n) is 22.8. The molecule has 5 N–H and O–H groups in total. The summed E-state index contributed by atoms with van der Waals surface area (Å²) in [6.07, 6.45) is 7.04. The van der Waals surface area contributed by atoms with E-state index in [4.69, 9.17) is 17.3 Å². The Morgan fingerprint density at radius 2 is 1.74 bits per heavy atom. The highest BCUT2D eigenvalue weighted by Crippen LogP contribution is 2.32. The minimum absolute atomic E-state index is 0.0232. The average Bonchev–Trinajstić information content (AvgIpc) is 2.89. The molecule has 2 fully saturated rings. The lowest BCUT2D eigenvalue weighted by molar-refractivity contribution is 0.0674. The first kappa shape index (κ1) is 27.2. The second-order valence-corrected chi connectivity index (χ2v) is 11.6. The van der Waals surface area contributed by atoms with Crippen molar-refractivity contribution in [2.45, 2.75) is 70.6 Å². The molecule has 39 heavy (non-hydrogen) atoms. The molecule has 0 bridgehead atoms. The Hall–Kier alpha value is -3.36. The van der Waals surface area contributed by atoms with Gasteiger partial charge >= 0.3 is 0 Å². The summed E-state index contributed by atoms with van der Waals surface area (Å²) in [4.78, 5) is 33.4. The maximum atomic E-state index is 13.8.